The lowest BCUT2D eigenvalue weighted by atomic mass is 10.1. The van der Waals surface area contributed by atoms with Crippen molar-refractivity contribution in [2.24, 2.45) is 0 Å². The molecular weight excluding hydrogens is 236 g/mol. The smallest absolute Gasteiger partial charge is 0.102 e. The quantitative estimate of drug-likeness (QED) is 0.550. The number of thiophene rings is 1. The van der Waals surface area contributed by atoms with Gasteiger partial charge in [0.05, 0.1) is 0 Å². The monoisotopic (exact) mass is 244 g/mol. The van der Waals surface area contributed by atoms with Crippen LogP contribution in [-0.4, -0.2) is 0 Å². The molecule has 1 heterocycles. The van der Waals surface area contributed by atoms with Crippen molar-refractivity contribution in [1.29, 1.82) is 0 Å². The van der Waals surface area contributed by atoms with Crippen LogP contribution in [0.5, 0.6) is 0 Å². The molecule has 1 aromatic heterocycles. The van der Waals surface area contributed by atoms with Crippen LogP contribution in [0.1, 0.15) is 0 Å². The van der Waals surface area contributed by atoms with Crippen LogP contribution in [0.2, 0.25) is 4.34 Å². The van der Waals surface area contributed by atoms with Crippen molar-refractivity contribution in [3.63, 3.8) is 0 Å². The van der Waals surface area contributed by atoms with Crippen LogP contribution < -0.4 is 0 Å². The van der Waals surface area contributed by atoms with E-state index in [0.717, 1.165) is 9.90 Å². The number of rotatable bonds is 1. The Morgan fingerprint density at radius 1 is 0.812 bits per heavy atom. The van der Waals surface area contributed by atoms with E-state index >= 15 is 0 Å². The van der Waals surface area contributed by atoms with Crippen molar-refractivity contribution < 1.29 is 0 Å². The molecule has 0 aliphatic rings. The number of fused-ring (bicyclic) bond motifs is 1. The van der Waals surface area contributed by atoms with Crippen LogP contribution in [0.4, 0.5) is 0 Å². The maximum atomic E-state index is 6.32. The Bertz CT molecular complexity index is 626. The molecule has 0 spiro atoms. The average Bonchev–Trinajstić information content (AvgIpc) is 2.66. The molecule has 0 saturated heterocycles. The van der Waals surface area contributed by atoms with E-state index < -0.39 is 0 Å². The van der Waals surface area contributed by atoms with Gasteiger partial charge in [-0.3, -0.25) is 0 Å². The van der Waals surface area contributed by atoms with Gasteiger partial charge in [-0.1, -0.05) is 60.1 Å². The Balaban J connectivity index is 2.35. The fourth-order valence-corrected chi connectivity index (χ4v) is 3.30. The molecule has 0 nitrogen and oxygen atoms in total. The summed E-state index contributed by atoms with van der Waals surface area (Å²) in [7, 11) is 0. The Kier molecular flexibility index (Phi) is 2.43. The molecule has 0 N–H and O–H groups in total. The van der Waals surface area contributed by atoms with Crippen LogP contribution in [0, 0.1) is 0 Å². The second-order valence-corrected chi connectivity index (χ2v) is 5.27. The number of halogens is 1. The average molecular weight is 245 g/mol. The summed E-state index contributed by atoms with van der Waals surface area (Å²) in [6.07, 6.45) is 0. The molecule has 3 aromatic rings. The summed E-state index contributed by atoms with van der Waals surface area (Å²) in [5.41, 5.74) is 2.34. The van der Waals surface area contributed by atoms with Gasteiger partial charge in [-0.15, -0.1) is 11.3 Å². The first-order valence-corrected chi connectivity index (χ1v) is 6.28. The van der Waals surface area contributed by atoms with Gasteiger partial charge in [0.2, 0.25) is 0 Å². The predicted molar refractivity (Wildman–Crippen MR) is 72.3 cm³/mol. The molecule has 2 heteroatoms. The highest BCUT2D eigenvalue weighted by molar-refractivity contribution is 7.23. The van der Waals surface area contributed by atoms with E-state index in [0.29, 0.717) is 0 Å². The molecule has 0 unspecified atom stereocenters. The second kappa shape index (κ2) is 3.93. The highest BCUT2D eigenvalue weighted by Gasteiger charge is 2.11. The lowest BCUT2D eigenvalue weighted by molar-refractivity contribution is 1.69. The molecule has 0 saturated carbocycles. The highest BCUT2D eigenvalue weighted by Crippen LogP contribution is 2.41. The van der Waals surface area contributed by atoms with Gasteiger partial charge in [-0.05, 0) is 11.6 Å². The summed E-state index contributed by atoms with van der Waals surface area (Å²) < 4.78 is 2.11. The summed E-state index contributed by atoms with van der Waals surface area (Å²) in [4.78, 5) is 0. The minimum atomic E-state index is 0.868. The molecular formula is C14H9ClS. The lowest BCUT2D eigenvalue weighted by Gasteiger charge is -1.99. The highest BCUT2D eigenvalue weighted by atomic mass is 35.5. The number of hydrogen-bond acceptors (Lipinski definition) is 1. The van der Waals surface area contributed by atoms with Gasteiger partial charge in [-0.2, -0.15) is 0 Å². The molecule has 3 rings (SSSR count). The van der Waals surface area contributed by atoms with Gasteiger partial charge in [0.15, 0.2) is 0 Å². The van der Waals surface area contributed by atoms with Gasteiger partial charge in [0.25, 0.3) is 0 Å². The van der Waals surface area contributed by atoms with E-state index in [1.54, 1.807) is 11.3 Å². The van der Waals surface area contributed by atoms with Crippen LogP contribution >= 0.6 is 22.9 Å². The molecule has 0 bridgehead atoms. The predicted octanol–water partition coefficient (Wildman–Crippen LogP) is 5.22. The summed E-state index contributed by atoms with van der Waals surface area (Å²) in [6, 6.07) is 18.6. The summed E-state index contributed by atoms with van der Waals surface area (Å²) >= 11 is 7.96. The van der Waals surface area contributed by atoms with Crippen molar-refractivity contribution in [3.05, 3.63) is 58.9 Å². The zero-order valence-electron chi connectivity index (χ0n) is 8.48. The van der Waals surface area contributed by atoms with Gasteiger partial charge in [0, 0.05) is 15.6 Å². The van der Waals surface area contributed by atoms with Gasteiger partial charge in [-0.25, -0.2) is 0 Å². The van der Waals surface area contributed by atoms with Crippen molar-refractivity contribution in [2.75, 3.05) is 0 Å². The molecule has 16 heavy (non-hydrogen) atoms. The maximum Gasteiger partial charge on any atom is 0.102 e. The number of benzene rings is 2. The first kappa shape index (κ1) is 9.88. The topological polar surface area (TPSA) is 0 Å². The van der Waals surface area contributed by atoms with Crippen LogP contribution in [0.3, 0.4) is 0 Å². The van der Waals surface area contributed by atoms with E-state index in [1.165, 1.54) is 15.6 Å². The van der Waals surface area contributed by atoms with E-state index in [4.69, 9.17) is 11.6 Å². The molecule has 0 amide bonds. The van der Waals surface area contributed by atoms with Crippen molar-refractivity contribution >= 4 is 33.0 Å². The SMILES string of the molecule is Clc1sc2ccccc2c1-c1ccccc1. The van der Waals surface area contributed by atoms with Gasteiger partial charge < -0.3 is 0 Å². The molecule has 0 radical (unpaired) electrons. The Hall–Kier alpha value is -1.31. The second-order valence-electron chi connectivity index (χ2n) is 3.61. The van der Waals surface area contributed by atoms with E-state index in [1.807, 2.05) is 24.3 Å². The Morgan fingerprint density at radius 2 is 1.50 bits per heavy atom. The van der Waals surface area contributed by atoms with Gasteiger partial charge >= 0.3 is 0 Å². The normalized spacial score (nSPS) is 10.8. The van der Waals surface area contributed by atoms with E-state index in [-0.39, 0.29) is 0 Å². The molecule has 0 atom stereocenters. The Labute approximate surface area is 103 Å². The molecule has 0 aliphatic heterocycles. The van der Waals surface area contributed by atoms with E-state index in [2.05, 4.69) is 30.3 Å². The first-order chi connectivity index (χ1) is 7.86. The van der Waals surface area contributed by atoms with Crippen LogP contribution in [0.25, 0.3) is 21.2 Å². The summed E-state index contributed by atoms with van der Waals surface area (Å²) in [6.45, 7) is 0. The van der Waals surface area contributed by atoms with Crippen LogP contribution in [0.15, 0.2) is 54.6 Å². The van der Waals surface area contributed by atoms with Gasteiger partial charge in [0.1, 0.15) is 4.34 Å². The molecule has 0 aliphatic carbocycles. The first-order valence-electron chi connectivity index (χ1n) is 5.09. The largest absolute Gasteiger partial charge is 0.123 e. The van der Waals surface area contributed by atoms with E-state index in [9.17, 15) is 0 Å². The molecule has 2 aromatic carbocycles. The lowest BCUT2D eigenvalue weighted by Crippen LogP contribution is -1.74. The standard InChI is InChI=1S/C14H9ClS/c15-14-13(10-6-2-1-3-7-10)11-8-4-5-9-12(11)16-14/h1-9H. The Morgan fingerprint density at radius 3 is 2.31 bits per heavy atom. The fourth-order valence-electron chi connectivity index (χ4n) is 1.89. The third-order valence-electron chi connectivity index (χ3n) is 2.61. The molecule has 0 fully saturated rings. The number of hydrogen-bond donors (Lipinski definition) is 0. The maximum absolute atomic E-state index is 6.32. The fraction of sp³-hybridized carbons (Fsp3) is 0. The van der Waals surface area contributed by atoms with Crippen LogP contribution in [-0.2, 0) is 0 Å². The third kappa shape index (κ3) is 1.53. The van der Waals surface area contributed by atoms with Crippen molar-refractivity contribution in [1.82, 2.24) is 0 Å². The zero-order chi connectivity index (χ0) is 11.0. The summed E-state index contributed by atoms with van der Waals surface area (Å²) in [5, 5.41) is 1.24. The van der Waals surface area contributed by atoms with Crippen molar-refractivity contribution in [3.8, 4) is 11.1 Å². The zero-order valence-corrected chi connectivity index (χ0v) is 10.1. The minimum Gasteiger partial charge on any atom is -0.123 e. The minimum absolute atomic E-state index is 0.868. The summed E-state index contributed by atoms with van der Waals surface area (Å²) in [5.74, 6) is 0. The van der Waals surface area contributed by atoms with Crippen molar-refractivity contribution in [2.45, 2.75) is 0 Å². The third-order valence-corrected chi connectivity index (χ3v) is 3.99. The molecule has 78 valence electrons.